The summed E-state index contributed by atoms with van der Waals surface area (Å²) in [7, 11) is 0. The van der Waals surface area contributed by atoms with E-state index in [1.54, 1.807) is 0 Å². The Kier molecular flexibility index (Phi) is 8.37. The van der Waals surface area contributed by atoms with E-state index in [0.29, 0.717) is 44.7 Å². The lowest BCUT2D eigenvalue weighted by Crippen LogP contribution is -2.24. The van der Waals surface area contributed by atoms with Crippen LogP contribution in [-0.4, -0.2) is 25.3 Å². The van der Waals surface area contributed by atoms with Crippen LogP contribution in [0, 0.1) is 0 Å². The summed E-state index contributed by atoms with van der Waals surface area (Å²) in [6.07, 6.45) is -0.408. The number of halogens is 4. The zero-order valence-electron chi connectivity index (χ0n) is 16.9. The molecule has 0 fully saturated rings. The molecule has 0 spiro atoms. The van der Waals surface area contributed by atoms with E-state index >= 15 is 0 Å². The molecule has 0 aliphatic heterocycles. The Morgan fingerprint density at radius 1 is 0.724 bits per heavy atom. The van der Waals surface area contributed by atoms with Crippen molar-refractivity contribution >= 4 is 46.4 Å². The first-order chi connectivity index (χ1) is 13.5. The summed E-state index contributed by atoms with van der Waals surface area (Å²) in [6.45, 7) is 8.47. The van der Waals surface area contributed by atoms with Crippen molar-refractivity contribution in [2.45, 2.75) is 45.3 Å². The fraction of sp³-hybridized carbons (Fsp3) is 0.429. The summed E-state index contributed by atoms with van der Waals surface area (Å²) in [4.78, 5) is 0. The third kappa shape index (κ3) is 5.63. The molecule has 29 heavy (non-hydrogen) atoms. The minimum Gasteiger partial charge on any atom is -0.486 e. The lowest BCUT2D eigenvalue weighted by atomic mass is 9.78. The van der Waals surface area contributed by atoms with E-state index in [1.165, 1.54) is 0 Å². The highest BCUT2D eigenvalue weighted by atomic mass is 35.5. The van der Waals surface area contributed by atoms with Gasteiger partial charge in [0.15, 0.2) is 11.5 Å². The molecule has 0 amide bonds. The molecule has 4 N–H and O–H groups in total. The maximum Gasteiger partial charge on any atom is 0.156 e. The fourth-order valence-electron chi connectivity index (χ4n) is 2.73. The van der Waals surface area contributed by atoms with E-state index in [9.17, 15) is 0 Å². The van der Waals surface area contributed by atoms with E-state index in [4.69, 9.17) is 67.3 Å². The molecule has 0 aliphatic rings. The summed E-state index contributed by atoms with van der Waals surface area (Å²) in [5, 5.41) is 1.65. The molecule has 0 saturated heterocycles. The molecule has 2 unspecified atom stereocenters. The van der Waals surface area contributed by atoms with Crippen LogP contribution in [0.2, 0.25) is 20.1 Å². The summed E-state index contributed by atoms with van der Waals surface area (Å²) in [5.41, 5.74) is 12.5. The zero-order valence-corrected chi connectivity index (χ0v) is 19.9. The molecule has 2 rings (SSSR count). The van der Waals surface area contributed by atoms with Gasteiger partial charge in [-0.15, -0.1) is 0 Å². The molecule has 0 aromatic heterocycles. The maximum absolute atomic E-state index is 6.46. The Bertz CT molecular complexity index is 758. The van der Waals surface area contributed by atoms with Crippen molar-refractivity contribution in [3.05, 3.63) is 55.5 Å². The van der Waals surface area contributed by atoms with Gasteiger partial charge in [-0.3, -0.25) is 0 Å². The second kappa shape index (κ2) is 9.95. The summed E-state index contributed by atoms with van der Waals surface area (Å²) < 4.78 is 11.5. The molecule has 0 bridgehead atoms. The van der Waals surface area contributed by atoms with Gasteiger partial charge in [0.05, 0.1) is 20.1 Å². The Morgan fingerprint density at radius 2 is 1.00 bits per heavy atom. The Hall–Kier alpha value is -0.880. The number of rotatable bonds is 8. The summed E-state index contributed by atoms with van der Waals surface area (Å²) in [5.74, 6) is 0.836. The second-order valence-corrected chi connectivity index (χ2v) is 9.12. The molecule has 8 heteroatoms. The van der Waals surface area contributed by atoms with Gasteiger partial charge in [-0.1, -0.05) is 60.3 Å². The number of hydrogen-bond acceptors (Lipinski definition) is 4. The molecule has 160 valence electrons. The normalized spacial score (nSPS) is 13.9. The number of nitrogens with two attached hydrogens (primary N) is 2. The molecular formula is C21H26Cl4N2O2. The summed E-state index contributed by atoms with van der Waals surface area (Å²) >= 11 is 25.8. The van der Waals surface area contributed by atoms with Crippen LogP contribution in [0.5, 0.6) is 11.5 Å². The van der Waals surface area contributed by atoms with Crippen molar-refractivity contribution in [3.8, 4) is 11.5 Å². The molecule has 0 radical (unpaired) electrons. The van der Waals surface area contributed by atoms with E-state index in [0.717, 1.165) is 11.1 Å². The van der Waals surface area contributed by atoms with Gasteiger partial charge in [-0.25, -0.2) is 0 Å². The Balaban J connectivity index is 2.45. The Morgan fingerprint density at radius 3 is 1.24 bits per heavy atom. The highest BCUT2D eigenvalue weighted by Gasteiger charge is 2.28. The zero-order chi connectivity index (χ0) is 21.9. The van der Waals surface area contributed by atoms with Crippen LogP contribution < -0.4 is 20.9 Å². The quantitative estimate of drug-likeness (QED) is 0.481. The first-order valence-corrected chi connectivity index (χ1v) is 10.7. The highest BCUT2D eigenvalue weighted by molar-refractivity contribution is 6.38. The highest BCUT2D eigenvalue weighted by Crippen LogP contribution is 2.44. The van der Waals surface area contributed by atoms with Crippen LogP contribution in [0.4, 0.5) is 0 Å². The van der Waals surface area contributed by atoms with Gasteiger partial charge in [-0.2, -0.15) is 0 Å². The molecular weight excluding hydrogens is 454 g/mol. The standard InChI is InChI=1S/C21H26Cl4N2O2/c1-11(9-26)28-19-15(22)5-13(6-16(19)23)21(3,4)14-7-17(24)20(18(25)8-14)29-12(2)10-27/h5-8,11-12H,9-10,26-27H2,1-4H3. The van der Waals surface area contributed by atoms with Gasteiger partial charge in [0.25, 0.3) is 0 Å². The summed E-state index contributed by atoms with van der Waals surface area (Å²) in [6, 6.07) is 7.31. The van der Waals surface area contributed by atoms with Crippen LogP contribution in [0.15, 0.2) is 24.3 Å². The average molecular weight is 480 g/mol. The molecule has 4 nitrogen and oxygen atoms in total. The largest absolute Gasteiger partial charge is 0.486 e. The van der Waals surface area contributed by atoms with Crippen molar-refractivity contribution in [1.82, 2.24) is 0 Å². The van der Waals surface area contributed by atoms with Gasteiger partial charge in [0.1, 0.15) is 12.2 Å². The minimum absolute atomic E-state index is 0.204. The lowest BCUT2D eigenvalue weighted by Gasteiger charge is -2.28. The SMILES string of the molecule is CC(CN)Oc1c(Cl)cc(C(C)(C)c2cc(Cl)c(OC(C)CN)c(Cl)c2)cc1Cl. The third-order valence-corrected chi connectivity index (χ3v) is 5.86. The number of hydrogen-bond donors (Lipinski definition) is 2. The number of ether oxygens (including phenoxy) is 2. The minimum atomic E-state index is -0.489. The average Bonchev–Trinajstić information content (AvgIpc) is 2.66. The topological polar surface area (TPSA) is 70.5 Å². The van der Waals surface area contributed by atoms with Gasteiger partial charge >= 0.3 is 0 Å². The van der Waals surface area contributed by atoms with Crippen LogP contribution >= 0.6 is 46.4 Å². The lowest BCUT2D eigenvalue weighted by molar-refractivity contribution is 0.230. The molecule has 2 atom stereocenters. The van der Waals surface area contributed by atoms with Crippen molar-refractivity contribution in [2.75, 3.05) is 13.1 Å². The van der Waals surface area contributed by atoms with E-state index < -0.39 is 5.41 Å². The van der Waals surface area contributed by atoms with Crippen LogP contribution in [-0.2, 0) is 5.41 Å². The molecule has 0 saturated carbocycles. The van der Waals surface area contributed by atoms with Crippen molar-refractivity contribution in [3.63, 3.8) is 0 Å². The third-order valence-electron chi connectivity index (χ3n) is 4.74. The van der Waals surface area contributed by atoms with Crippen LogP contribution in [0.25, 0.3) is 0 Å². The van der Waals surface area contributed by atoms with Gasteiger partial charge < -0.3 is 20.9 Å². The van der Waals surface area contributed by atoms with Crippen LogP contribution in [0.3, 0.4) is 0 Å². The van der Waals surface area contributed by atoms with Crippen molar-refractivity contribution < 1.29 is 9.47 Å². The monoisotopic (exact) mass is 478 g/mol. The molecule has 0 heterocycles. The predicted molar refractivity (Wildman–Crippen MR) is 123 cm³/mol. The Labute approximate surface area is 192 Å². The molecule has 2 aromatic carbocycles. The molecule has 2 aromatic rings. The fourth-order valence-corrected chi connectivity index (χ4v) is 3.88. The van der Waals surface area contributed by atoms with Gasteiger partial charge in [0, 0.05) is 18.5 Å². The smallest absolute Gasteiger partial charge is 0.156 e. The first-order valence-electron chi connectivity index (χ1n) is 9.23. The van der Waals surface area contributed by atoms with Crippen molar-refractivity contribution in [2.24, 2.45) is 11.5 Å². The predicted octanol–water partition coefficient (Wildman–Crippen LogP) is 6.08. The van der Waals surface area contributed by atoms with Crippen LogP contribution in [0.1, 0.15) is 38.8 Å². The van der Waals surface area contributed by atoms with E-state index in [-0.39, 0.29) is 12.2 Å². The van der Waals surface area contributed by atoms with E-state index in [1.807, 2.05) is 52.0 Å². The maximum atomic E-state index is 6.46. The first kappa shape index (κ1) is 24.4. The molecule has 0 aliphatic carbocycles. The van der Waals surface area contributed by atoms with Gasteiger partial charge in [-0.05, 0) is 49.2 Å². The number of benzene rings is 2. The second-order valence-electron chi connectivity index (χ2n) is 7.49. The van der Waals surface area contributed by atoms with Crippen molar-refractivity contribution in [1.29, 1.82) is 0 Å². The van der Waals surface area contributed by atoms with Gasteiger partial charge in [0.2, 0.25) is 0 Å². The van der Waals surface area contributed by atoms with E-state index in [2.05, 4.69) is 0 Å².